The molecule has 0 heterocycles. The topological polar surface area (TPSA) is 41.5 Å². The van der Waals surface area contributed by atoms with Gasteiger partial charge in [0.05, 0.1) is 7.11 Å². The van der Waals surface area contributed by atoms with E-state index in [4.69, 9.17) is 4.74 Å². The van der Waals surface area contributed by atoms with Crippen LogP contribution in [0.2, 0.25) is 0 Å². The number of rotatable bonds is 5. The number of aromatic hydroxyl groups is 1. The number of phenols is 1. The molecule has 0 saturated heterocycles. The number of methoxy groups -OCH3 is 1. The number of aryl methyl sites for hydroxylation is 1. The van der Waals surface area contributed by atoms with Crippen LogP contribution in [0.3, 0.4) is 0 Å². The van der Waals surface area contributed by atoms with Crippen molar-refractivity contribution in [3.05, 3.63) is 21.7 Å². The predicted octanol–water partition coefficient (Wildman–Crippen LogP) is 2.49. The molecule has 0 spiro atoms. The molecule has 0 aliphatic heterocycles. The van der Waals surface area contributed by atoms with Crippen molar-refractivity contribution in [2.24, 2.45) is 0 Å². The van der Waals surface area contributed by atoms with Gasteiger partial charge in [0, 0.05) is 0 Å². The Kier molecular flexibility index (Phi) is 5.09. The van der Waals surface area contributed by atoms with Crippen LogP contribution in [0.1, 0.15) is 18.1 Å². The van der Waals surface area contributed by atoms with Crippen LogP contribution in [0, 0.1) is 0 Å². The number of halogens is 1. The van der Waals surface area contributed by atoms with E-state index in [-0.39, 0.29) is 5.75 Å². The quantitative estimate of drug-likeness (QED) is 0.874. The molecule has 0 unspecified atom stereocenters. The summed E-state index contributed by atoms with van der Waals surface area (Å²) in [6.45, 7) is 2.92. The fourth-order valence-corrected chi connectivity index (χ4v) is 2.34. The molecule has 0 aromatic heterocycles. The highest BCUT2D eigenvalue weighted by molar-refractivity contribution is 9.10. The first-order chi connectivity index (χ1) is 7.65. The molecular formula is C12H18BrNO2. The molecular weight excluding hydrogens is 270 g/mol. The van der Waals surface area contributed by atoms with E-state index in [0.717, 1.165) is 36.3 Å². The van der Waals surface area contributed by atoms with Crippen LogP contribution < -0.4 is 10.1 Å². The lowest BCUT2D eigenvalue weighted by Crippen LogP contribution is -2.11. The van der Waals surface area contributed by atoms with Crippen LogP contribution in [0.4, 0.5) is 0 Å². The molecule has 0 aliphatic carbocycles. The van der Waals surface area contributed by atoms with Crippen LogP contribution >= 0.6 is 15.9 Å². The minimum absolute atomic E-state index is 0.282. The number of ether oxygens (including phenoxy) is 1. The zero-order valence-corrected chi connectivity index (χ0v) is 11.5. The third kappa shape index (κ3) is 2.68. The van der Waals surface area contributed by atoms with Crippen LogP contribution in [-0.4, -0.2) is 25.8 Å². The minimum atomic E-state index is 0.282. The first kappa shape index (κ1) is 13.3. The van der Waals surface area contributed by atoms with Crippen molar-refractivity contribution in [2.75, 3.05) is 20.7 Å². The van der Waals surface area contributed by atoms with Crippen molar-refractivity contribution in [1.82, 2.24) is 5.32 Å². The Hall–Kier alpha value is -0.740. The molecule has 0 radical (unpaired) electrons. The molecule has 0 aliphatic rings. The maximum absolute atomic E-state index is 10.0. The van der Waals surface area contributed by atoms with E-state index in [1.165, 1.54) is 0 Å². The lowest BCUT2D eigenvalue weighted by molar-refractivity contribution is 0.397. The Morgan fingerprint density at radius 1 is 1.44 bits per heavy atom. The normalized spacial score (nSPS) is 10.5. The Morgan fingerprint density at radius 3 is 2.62 bits per heavy atom. The van der Waals surface area contributed by atoms with Crippen molar-refractivity contribution in [1.29, 1.82) is 0 Å². The van der Waals surface area contributed by atoms with E-state index in [0.29, 0.717) is 4.47 Å². The number of hydrogen-bond donors (Lipinski definition) is 2. The molecule has 0 amide bonds. The summed E-state index contributed by atoms with van der Waals surface area (Å²) in [5, 5.41) is 13.1. The summed E-state index contributed by atoms with van der Waals surface area (Å²) in [6.07, 6.45) is 1.69. The van der Waals surface area contributed by atoms with Crippen molar-refractivity contribution >= 4 is 15.9 Å². The van der Waals surface area contributed by atoms with Gasteiger partial charge in [0.1, 0.15) is 16.0 Å². The number of hydrogen-bond acceptors (Lipinski definition) is 3. The van der Waals surface area contributed by atoms with Gasteiger partial charge in [0.15, 0.2) is 0 Å². The van der Waals surface area contributed by atoms with E-state index >= 15 is 0 Å². The zero-order valence-electron chi connectivity index (χ0n) is 9.93. The van der Waals surface area contributed by atoms with E-state index in [9.17, 15) is 5.11 Å². The summed E-state index contributed by atoms with van der Waals surface area (Å²) in [5.74, 6) is 1.01. The summed E-state index contributed by atoms with van der Waals surface area (Å²) in [5.41, 5.74) is 2.05. The van der Waals surface area contributed by atoms with E-state index in [1.807, 2.05) is 13.1 Å². The van der Waals surface area contributed by atoms with Gasteiger partial charge >= 0.3 is 0 Å². The van der Waals surface area contributed by atoms with E-state index in [1.54, 1.807) is 7.11 Å². The first-order valence-electron chi connectivity index (χ1n) is 5.37. The second-order valence-electron chi connectivity index (χ2n) is 3.60. The molecule has 90 valence electrons. The van der Waals surface area contributed by atoms with Crippen molar-refractivity contribution in [3.63, 3.8) is 0 Å². The summed E-state index contributed by atoms with van der Waals surface area (Å²) in [6, 6.07) is 2.01. The third-order valence-electron chi connectivity index (χ3n) is 2.58. The molecule has 1 aromatic carbocycles. The van der Waals surface area contributed by atoms with Crippen molar-refractivity contribution in [3.8, 4) is 11.5 Å². The molecule has 4 heteroatoms. The molecule has 0 fully saturated rings. The summed E-state index contributed by atoms with van der Waals surface area (Å²) < 4.78 is 5.94. The van der Waals surface area contributed by atoms with Crippen LogP contribution in [0.5, 0.6) is 11.5 Å². The van der Waals surface area contributed by atoms with E-state index < -0.39 is 0 Å². The Morgan fingerprint density at radius 2 is 2.12 bits per heavy atom. The van der Waals surface area contributed by atoms with Gasteiger partial charge in [-0.3, -0.25) is 0 Å². The highest BCUT2D eigenvalue weighted by atomic mass is 79.9. The maximum Gasteiger partial charge on any atom is 0.139 e. The third-order valence-corrected chi connectivity index (χ3v) is 3.32. The second-order valence-corrected chi connectivity index (χ2v) is 4.39. The molecule has 2 N–H and O–H groups in total. The molecule has 0 bridgehead atoms. The Labute approximate surface area is 105 Å². The van der Waals surface area contributed by atoms with Crippen LogP contribution in [0.25, 0.3) is 0 Å². The standard InChI is InChI=1S/C12H18BrNO2/c1-4-8-7-9(5-6-14-2)11(15)10(13)12(8)16-3/h7,14-15H,4-6H2,1-3H3. The SMILES string of the molecule is CCc1cc(CCNC)c(O)c(Br)c1OC. The molecule has 0 atom stereocenters. The minimum Gasteiger partial charge on any atom is -0.506 e. The Balaban J connectivity index is 3.16. The molecule has 1 aromatic rings. The van der Waals surface area contributed by atoms with Gasteiger partial charge in [-0.2, -0.15) is 0 Å². The molecule has 0 saturated carbocycles. The smallest absolute Gasteiger partial charge is 0.139 e. The van der Waals surface area contributed by atoms with Crippen molar-refractivity contribution in [2.45, 2.75) is 19.8 Å². The number of likely N-dealkylation sites (N-methyl/N-ethyl adjacent to an activating group) is 1. The number of nitrogens with one attached hydrogen (secondary N) is 1. The van der Waals surface area contributed by atoms with Gasteiger partial charge in [0.25, 0.3) is 0 Å². The first-order valence-corrected chi connectivity index (χ1v) is 6.16. The van der Waals surface area contributed by atoms with Gasteiger partial charge in [-0.1, -0.05) is 6.92 Å². The summed E-state index contributed by atoms with van der Waals surface area (Å²) >= 11 is 3.38. The van der Waals surface area contributed by atoms with Gasteiger partial charge in [-0.25, -0.2) is 0 Å². The average Bonchev–Trinajstić information content (AvgIpc) is 2.30. The number of benzene rings is 1. The lowest BCUT2D eigenvalue weighted by atomic mass is 10.0. The highest BCUT2D eigenvalue weighted by Crippen LogP contribution is 2.39. The van der Waals surface area contributed by atoms with Gasteiger partial charge in [-0.05, 0) is 59.6 Å². The van der Waals surface area contributed by atoms with Crippen LogP contribution in [0.15, 0.2) is 10.5 Å². The fraction of sp³-hybridized carbons (Fsp3) is 0.500. The number of phenolic OH excluding ortho intramolecular Hbond substituents is 1. The largest absolute Gasteiger partial charge is 0.506 e. The summed E-state index contributed by atoms with van der Waals surface area (Å²) in [7, 11) is 3.52. The van der Waals surface area contributed by atoms with E-state index in [2.05, 4.69) is 28.2 Å². The Bertz CT molecular complexity index is 367. The highest BCUT2D eigenvalue weighted by Gasteiger charge is 2.15. The van der Waals surface area contributed by atoms with Gasteiger partial charge in [-0.15, -0.1) is 0 Å². The van der Waals surface area contributed by atoms with Crippen LogP contribution in [-0.2, 0) is 12.8 Å². The predicted molar refractivity (Wildman–Crippen MR) is 69.4 cm³/mol. The van der Waals surface area contributed by atoms with Crippen molar-refractivity contribution < 1.29 is 9.84 Å². The lowest BCUT2D eigenvalue weighted by Gasteiger charge is -2.14. The van der Waals surface area contributed by atoms with Gasteiger partial charge in [0.2, 0.25) is 0 Å². The molecule has 1 rings (SSSR count). The maximum atomic E-state index is 10.0. The average molecular weight is 288 g/mol. The zero-order chi connectivity index (χ0) is 12.1. The second kappa shape index (κ2) is 6.11. The monoisotopic (exact) mass is 287 g/mol. The van der Waals surface area contributed by atoms with Gasteiger partial charge < -0.3 is 15.2 Å². The molecule has 3 nitrogen and oxygen atoms in total. The summed E-state index contributed by atoms with van der Waals surface area (Å²) in [4.78, 5) is 0. The fourth-order valence-electron chi connectivity index (χ4n) is 1.67. The molecule has 16 heavy (non-hydrogen) atoms.